The first-order chi connectivity index (χ1) is 10.2. The second-order valence-corrected chi connectivity index (χ2v) is 6.17. The van der Waals surface area contributed by atoms with Crippen molar-refractivity contribution in [3.63, 3.8) is 0 Å². The molecule has 0 saturated carbocycles. The first-order valence-electron chi connectivity index (χ1n) is 7.78. The first kappa shape index (κ1) is 17.9. The third-order valence-electron chi connectivity index (χ3n) is 3.38. The number of nitrogens with zero attached hydrogens (tertiary/aromatic N) is 1. The van der Waals surface area contributed by atoms with E-state index in [0.717, 1.165) is 25.5 Å². The number of nitrogens with one attached hydrogen (secondary N) is 2. The highest BCUT2D eigenvalue weighted by Gasteiger charge is 2.09. The third-order valence-corrected chi connectivity index (χ3v) is 4.08. The predicted octanol–water partition coefficient (Wildman–Crippen LogP) is 3.75. The highest BCUT2D eigenvalue weighted by molar-refractivity contribution is 7.98. The average molecular weight is 308 g/mol. The number of benzene rings is 1. The van der Waals surface area contributed by atoms with E-state index in [2.05, 4.69) is 66.9 Å². The summed E-state index contributed by atoms with van der Waals surface area (Å²) in [6.45, 7) is 8.21. The lowest BCUT2D eigenvalue weighted by atomic mass is 10.0. The molecule has 2 N–H and O–H groups in total. The van der Waals surface area contributed by atoms with Gasteiger partial charge in [0.2, 0.25) is 0 Å². The smallest absolute Gasteiger partial charge is 0.191 e. The lowest BCUT2D eigenvalue weighted by Crippen LogP contribution is -2.39. The summed E-state index contributed by atoms with van der Waals surface area (Å²) >= 11 is 1.90. The quantitative estimate of drug-likeness (QED) is 0.436. The molecule has 1 aromatic carbocycles. The van der Waals surface area contributed by atoms with Gasteiger partial charge in [-0.05, 0) is 56.7 Å². The molecule has 0 spiro atoms. The molecular weight excluding hydrogens is 278 g/mol. The Morgan fingerprint density at radius 1 is 1.29 bits per heavy atom. The van der Waals surface area contributed by atoms with Gasteiger partial charge in [0.1, 0.15) is 0 Å². The summed E-state index contributed by atoms with van der Waals surface area (Å²) in [5, 5.41) is 6.83. The van der Waals surface area contributed by atoms with E-state index in [9.17, 15) is 0 Å². The molecule has 4 heteroatoms. The molecule has 0 radical (unpaired) electrons. The van der Waals surface area contributed by atoms with Crippen LogP contribution in [0.1, 0.15) is 43.9 Å². The average Bonchev–Trinajstić information content (AvgIpc) is 2.47. The summed E-state index contributed by atoms with van der Waals surface area (Å²) in [5.74, 6) is 2.14. The Balaban J connectivity index is 2.56. The molecule has 118 valence electrons. The maximum absolute atomic E-state index is 4.67. The van der Waals surface area contributed by atoms with Crippen LogP contribution >= 0.6 is 11.8 Å². The number of hydrogen-bond acceptors (Lipinski definition) is 2. The van der Waals surface area contributed by atoms with Gasteiger partial charge in [-0.15, -0.1) is 0 Å². The van der Waals surface area contributed by atoms with Crippen molar-refractivity contribution in [1.29, 1.82) is 0 Å². The van der Waals surface area contributed by atoms with Crippen molar-refractivity contribution < 1.29 is 0 Å². The zero-order chi connectivity index (χ0) is 15.5. The van der Waals surface area contributed by atoms with Gasteiger partial charge in [-0.25, -0.2) is 0 Å². The number of thioether (sulfide) groups is 1. The second kappa shape index (κ2) is 10.6. The summed E-state index contributed by atoms with van der Waals surface area (Å²) in [6.07, 6.45) is 4.53. The van der Waals surface area contributed by atoms with Crippen LogP contribution in [0.2, 0.25) is 0 Å². The zero-order valence-corrected chi connectivity index (χ0v) is 14.6. The van der Waals surface area contributed by atoms with Gasteiger partial charge in [0.15, 0.2) is 5.96 Å². The molecule has 0 aliphatic carbocycles. The third kappa shape index (κ3) is 6.89. The minimum absolute atomic E-state index is 0.259. The number of rotatable bonds is 8. The van der Waals surface area contributed by atoms with Crippen LogP contribution in [0.15, 0.2) is 29.3 Å². The molecule has 0 bridgehead atoms. The highest BCUT2D eigenvalue weighted by Crippen LogP contribution is 2.16. The second-order valence-electron chi connectivity index (χ2n) is 5.18. The van der Waals surface area contributed by atoms with Gasteiger partial charge in [0, 0.05) is 13.1 Å². The van der Waals surface area contributed by atoms with E-state index in [1.165, 1.54) is 23.3 Å². The molecule has 1 atom stereocenters. The van der Waals surface area contributed by atoms with Crippen LogP contribution in [0.5, 0.6) is 0 Å². The van der Waals surface area contributed by atoms with E-state index in [1.54, 1.807) is 0 Å². The molecule has 0 heterocycles. The number of unbranched alkanes of at least 4 members (excludes halogenated alkanes) is 1. The van der Waals surface area contributed by atoms with Crippen molar-refractivity contribution >= 4 is 17.7 Å². The van der Waals surface area contributed by atoms with E-state index in [-0.39, 0.29) is 6.04 Å². The van der Waals surface area contributed by atoms with E-state index in [4.69, 9.17) is 0 Å². The number of aliphatic imine (C=N–C) groups is 1. The fraction of sp³-hybridized carbons (Fsp3) is 0.588. The SMILES string of the molecule is CCNC(=NCCCCSC)NC(C)c1ccccc1C. The Labute approximate surface area is 134 Å². The minimum Gasteiger partial charge on any atom is -0.357 e. The Bertz CT molecular complexity index is 432. The molecule has 3 nitrogen and oxygen atoms in total. The normalized spacial score (nSPS) is 13.0. The van der Waals surface area contributed by atoms with Crippen molar-refractivity contribution in [1.82, 2.24) is 10.6 Å². The van der Waals surface area contributed by atoms with Gasteiger partial charge >= 0.3 is 0 Å². The van der Waals surface area contributed by atoms with E-state index in [1.807, 2.05) is 11.8 Å². The van der Waals surface area contributed by atoms with Crippen molar-refractivity contribution in [3.8, 4) is 0 Å². The fourth-order valence-electron chi connectivity index (χ4n) is 2.22. The summed E-state index contributed by atoms with van der Waals surface area (Å²) in [7, 11) is 0. The van der Waals surface area contributed by atoms with Crippen LogP contribution in [0, 0.1) is 6.92 Å². The lowest BCUT2D eigenvalue weighted by molar-refractivity contribution is 0.679. The molecule has 0 fully saturated rings. The summed E-state index contributed by atoms with van der Waals surface area (Å²) in [6, 6.07) is 8.76. The summed E-state index contributed by atoms with van der Waals surface area (Å²) in [5.41, 5.74) is 2.64. The van der Waals surface area contributed by atoms with Crippen LogP contribution in [0.4, 0.5) is 0 Å². The van der Waals surface area contributed by atoms with Gasteiger partial charge in [-0.1, -0.05) is 24.3 Å². The standard InChI is InChI=1S/C17H29N3S/c1-5-18-17(19-12-8-9-13-21-4)20-15(3)16-11-7-6-10-14(16)2/h6-7,10-11,15H,5,8-9,12-13H2,1-4H3,(H2,18,19,20). The molecule has 1 unspecified atom stereocenters. The molecule has 1 rings (SSSR count). The fourth-order valence-corrected chi connectivity index (χ4v) is 2.72. The van der Waals surface area contributed by atoms with Crippen molar-refractivity contribution in [2.45, 2.75) is 39.7 Å². The van der Waals surface area contributed by atoms with Crippen LogP contribution in [-0.2, 0) is 0 Å². The van der Waals surface area contributed by atoms with Gasteiger partial charge < -0.3 is 10.6 Å². The largest absolute Gasteiger partial charge is 0.357 e. The van der Waals surface area contributed by atoms with Crippen LogP contribution in [-0.4, -0.2) is 31.1 Å². The molecule has 0 aliphatic heterocycles. The Morgan fingerprint density at radius 3 is 2.71 bits per heavy atom. The van der Waals surface area contributed by atoms with E-state index in [0.29, 0.717) is 0 Å². The molecular formula is C17H29N3S. The van der Waals surface area contributed by atoms with Gasteiger partial charge in [0.05, 0.1) is 6.04 Å². The first-order valence-corrected chi connectivity index (χ1v) is 9.17. The Kier molecular flexibility index (Phi) is 8.99. The van der Waals surface area contributed by atoms with E-state index < -0.39 is 0 Å². The number of hydrogen-bond donors (Lipinski definition) is 2. The maximum Gasteiger partial charge on any atom is 0.191 e. The maximum atomic E-state index is 4.67. The van der Waals surface area contributed by atoms with Gasteiger partial charge in [-0.2, -0.15) is 11.8 Å². The van der Waals surface area contributed by atoms with Gasteiger partial charge in [-0.3, -0.25) is 4.99 Å². The number of aryl methyl sites for hydroxylation is 1. The summed E-state index contributed by atoms with van der Waals surface area (Å²) < 4.78 is 0. The topological polar surface area (TPSA) is 36.4 Å². The zero-order valence-electron chi connectivity index (χ0n) is 13.8. The molecule has 21 heavy (non-hydrogen) atoms. The molecule has 0 amide bonds. The van der Waals surface area contributed by atoms with Gasteiger partial charge in [0.25, 0.3) is 0 Å². The minimum atomic E-state index is 0.259. The highest BCUT2D eigenvalue weighted by atomic mass is 32.2. The Morgan fingerprint density at radius 2 is 2.05 bits per heavy atom. The summed E-state index contributed by atoms with van der Waals surface area (Å²) in [4.78, 5) is 4.67. The monoisotopic (exact) mass is 307 g/mol. The number of guanidine groups is 1. The molecule has 0 saturated heterocycles. The van der Waals surface area contributed by atoms with Crippen molar-refractivity contribution in [2.75, 3.05) is 25.1 Å². The van der Waals surface area contributed by atoms with E-state index >= 15 is 0 Å². The Hall–Kier alpha value is -1.16. The molecule has 0 aliphatic rings. The van der Waals surface area contributed by atoms with Crippen LogP contribution in [0.3, 0.4) is 0 Å². The van der Waals surface area contributed by atoms with Crippen molar-refractivity contribution in [3.05, 3.63) is 35.4 Å². The predicted molar refractivity (Wildman–Crippen MR) is 96.3 cm³/mol. The molecule has 0 aromatic heterocycles. The molecule has 1 aromatic rings. The lowest BCUT2D eigenvalue weighted by Gasteiger charge is -2.19. The van der Waals surface area contributed by atoms with Crippen LogP contribution < -0.4 is 10.6 Å². The van der Waals surface area contributed by atoms with Crippen LogP contribution in [0.25, 0.3) is 0 Å². The van der Waals surface area contributed by atoms with Crippen molar-refractivity contribution in [2.24, 2.45) is 4.99 Å².